The molecule has 2 aromatic rings. The summed E-state index contributed by atoms with van der Waals surface area (Å²) >= 11 is 0. The van der Waals surface area contributed by atoms with Gasteiger partial charge in [-0.15, -0.1) is 0 Å². The van der Waals surface area contributed by atoms with E-state index in [0.717, 1.165) is 62.8 Å². The van der Waals surface area contributed by atoms with Gasteiger partial charge in [0.05, 0.1) is 26.3 Å². The molecule has 0 saturated carbocycles. The molecule has 2 amide bonds. The van der Waals surface area contributed by atoms with E-state index in [1.807, 2.05) is 56.3 Å². The topological polar surface area (TPSA) is 66.2 Å². The Kier molecular flexibility index (Phi) is 9.97. The molecule has 0 bridgehead atoms. The van der Waals surface area contributed by atoms with Crippen LogP contribution in [0.2, 0.25) is 0 Å². The molecule has 7 nitrogen and oxygen atoms in total. The monoisotopic (exact) mass is 455 g/mol. The second kappa shape index (κ2) is 13.2. The van der Waals surface area contributed by atoms with Crippen LogP contribution >= 0.6 is 0 Å². The zero-order valence-corrected chi connectivity index (χ0v) is 20.0. The smallest absolute Gasteiger partial charge is 0.242 e. The van der Waals surface area contributed by atoms with E-state index < -0.39 is 0 Å². The van der Waals surface area contributed by atoms with Crippen molar-refractivity contribution in [2.24, 2.45) is 0 Å². The maximum absolute atomic E-state index is 13.4. The number of nitrogens with zero attached hydrogens (tertiary/aromatic N) is 3. The van der Waals surface area contributed by atoms with Gasteiger partial charge in [0.15, 0.2) is 0 Å². The number of hydrogen-bond acceptors (Lipinski definition) is 5. The number of carbonyl (C=O) groups is 2. The molecule has 33 heavy (non-hydrogen) atoms. The maximum Gasteiger partial charge on any atom is 0.242 e. The zero-order valence-electron chi connectivity index (χ0n) is 20.0. The van der Waals surface area contributed by atoms with Crippen molar-refractivity contribution in [3.05, 3.63) is 59.5 Å². The first-order valence-electron chi connectivity index (χ1n) is 12.0. The van der Waals surface area contributed by atoms with E-state index in [-0.39, 0.29) is 18.4 Å². The third-order valence-electron chi connectivity index (χ3n) is 5.86. The molecule has 180 valence electrons. The first-order valence-corrected chi connectivity index (χ1v) is 12.0. The van der Waals surface area contributed by atoms with Crippen LogP contribution in [0.1, 0.15) is 43.3 Å². The van der Waals surface area contributed by atoms with E-state index in [9.17, 15) is 9.59 Å². The highest BCUT2D eigenvalue weighted by Gasteiger charge is 2.22. The molecule has 1 aromatic carbocycles. The minimum Gasteiger partial charge on any atom is -0.464 e. The van der Waals surface area contributed by atoms with Crippen LogP contribution in [0.5, 0.6) is 0 Å². The van der Waals surface area contributed by atoms with Crippen molar-refractivity contribution in [3.8, 4) is 0 Å². The number of rotatable bonds is 12. The highest BCUT2D eigenvalue weighted by molar-refractivity contribution is 5.84. The molecule has 0 radical (unpaired) electrons. The molecule has 1 aliphatic heterocycles. The van der Waals surface area contributed by atoms with Gasteiger partial charge in [-0.2, -0.15) is 0 Å². The Morgan fingerprint density at radius 2 is 1.73 bits per heavy atom. The molecule has 0 spiro atoms. The molecule has 0 atom stereocenters. The van der Waals surface area contributed by atoms with Crippen molar-refractivity contribution in [1.29, 1.82) is 0 Å². The highest BCUT2D eigenvalue weighted by atomic mass is 16.5. The van der Waals surface area contributed by atoms with Crippen LogP contribution in [0, 0.1) is 6.92 Å². The third-order valence-corrected chi connectivity index (χ3v) is 5.86. The van der Waals surface area contributed by atoms with E-state index in [4.69, 9.17) is 9.15 Å². The van der Waals surface area contributed by atoms with Gasteiger partial charge in [-0.05, 0) is 37.5 Å². The van der Waals surface area contributed by atoms with E-state index in [1.54, 1.807) is 9.80 Å². The van der Waals surface area contributed by atoms with Crippen LogP contribution < -0.4 is 0 Å². The Labute approximate surface area is 197 Å². The predicted octanol–water partition coefficient (Wildman–Crippen LogP) is 3.47. The number of ether oxygens (including phenoxy) is 1. The lowest BCUT2D eigenvalue weighted by molar-refractivity contribution is -0.141. The first-order chi connectivity index (χ1) is 16.0. The van der Waals surface area contributed by atoms with E-state index >= 15 is 0 Å². The number of furan rings is 1. The number of hydrogen-bond donors (Lipinski definition) is 0. The lowest BCUT2D eigenvalue weighted by atomic mass is 10.2. The molecule has 3 rings (SSSR count). The van der Waals surface area contributed by atoms with Crippen LogP contribution in [0.15, 0.2) is 46.9 Å². The van der Waals surface area contributed by atoms with E-state index in [1.165, 1.54) is 0 Å². The molecule has 1 aliphatic rings. The Bertz CT molecular complexity index is 861. The molecule has 7 heteroatoms. The van der Waals surface area contributed by atoms with Crippen molar-refractivity contribution >= 4 is 11.8 Å². The largest absolute Gasteiger partial charge is 0.464 e. The molecule has 1 fully saturated rings. The SMILES string of the molecule is CCCC(=O)N(CCCN1CCOCC1)CC(=O)N(Cc1ccccc1)Cc1ccc(C)o1. The van der Waals surface area contributed by atoms with Gasteiger partial charge in [0.2, 0.25) is 11.8 Å². The highest BCUT2D eigenvalue weighted by Crippen LogP contribution is 2.14. The van der Waals surface area contributed by atoms with E-state index in [0.29, 0.717) is 26.1 Å². The summed E-state index contributed by atoms with van der Waals surface area (Å²) in [5.74, 6) is 1.54. The van der Waals surface area contributed by atoms with Crippen LogP contribution in [-0.4, -0.2) is 72.5 Å². The number of morpholine rings is 1. The molecule has 1 saturated heterocycles. The number of carbonyl (C=O) groups excluding carboxylic acids is 2. The lowest BCUT2D eigenvalue weighted by Crippen LogP contribution is -2.44. The van der Waals surface area contributed by atoms with Gasteiger partial charge in [-0.1, -0.05) is 37.3 Å². The van der Waals surface area contributed by atoms with Gasteiger partial charge in [0, 0.05) is 39.1 Å². The minimum absolute atomic E-state index is 0.0429. The summed E-state index contributed by atoms with van der Waals surface area (Å²) in [6.45, 7) is 9.70. The normalized spacial score (nSPS) is 14.2. The van der Waals surface area contributed by atoms with Gasteiger partial charge in [0.1, 0.15) is 11.5 Å². The van der Waals surface area contributed by atoms with Crippen molar-refractivity contribution < 1.29 is 18.7 Å². The zero-order chi connectivity index (χ0) is 23.5. The fraction of sp³-hybridized carbons (Fsp3) is 0.538. The fourth-order valence-corrected chi connectivity index (χ4v) is 4.03. The summed E-state index contributed by atoms with van der Waals surface area (Å²) in [5.41, 5.74) is 1.05. The van der Waals surface area contributed by atoms with Gasteiger partial charge < -0.3 is 19.0 Å². The van der Waals surface area contributed by atoms with Crippen LogP contribution in [0.4, 0.5) is 0 Å². The first kappa shape index (κ1) is 25.0. The van der Waals surface area contributed by atoms with Crippen molar-refractivity contribution in [2.45, 2.75) is 46.2 Å². The molecule has 1 aromatic heterocycles. The van der Waals surface area contributed by atoms with Gasteiger partial charge in [-0.25, -0.2) is 0 Å². The summed E-state index contributed by atoms with van der Waals surface area (Å²) in [5, 5.41) is 0. The molecule has 0 unspecified atom stereocenters. The Morgan fingerprint density at radius 3 is 2.39 bits per heavy atom. The molecule has 0 N–H and O–H groups in total. The van der Waals surface area contributed by atoms with Gasteiger partial charge in [-0.3, -0.25) is 14.5 Å². The fourth-order valence-electron chi connectivity index (χ4n) is 4.03. The van der Waals surface area contributed by atoms with Crippen LogP contribution in [-0.2, 0) is 27.4 Å². The van der Waals surface area contributed by atoms with Crippen LogP contribution in [0.25, 0.3) is 0 Å². The van der Waals surface area contributed by atoms with Gasteiger partial charge >= 0.3 is 0 Å². The quantitative estimate of drug-likeness (QED) is 0.490. The Morgan fingerprint density at radius 1 is 0.970 bits per heavy atom. The summed E-state index contributed by atoms with van der Waals surface area (Å²) in [7, 11) is 0. The van der Waals surface area contributed by atoms with Crippen molar-refractivity contribution in [2.75, 3.05) is 45.9 Å². The van der Waals surface area contributed by atoms with E-state index in [2.05, 4.69) is 4.90 Å². The summed E-state index contributed by atoms with van der Waals surface area (Å²) in [4.78, 5) is 32.1. The molecular formula is C26H37N3O4. The van der Waals surface area contributed by atoms with Gasteiger partial charge in [0.25, 0.3) is 0 Å². The summed E-state index contributed by atoms with van der Waals surface area (Å²) in [6, 6.07) is 13.7. The Balaban J connectivity index is 1.65. The minimum atomic E-state index is -0.0660. The standard InChI is InChI=1S/C26H37N3O4/c1-3-8-25(30)28(14-7-13-27-15-17-32-18-16-27)21-26(31)29(19-23-9-5-4-6-10-23)20-24-12-11-22(2)33-24/h4-6,9-12H,3,7-8,13-21H2,1-2H3. The number of benzene rings is 1. The maximum atomic E-state index is 13.4. The van der Waals surface area contributed by atoms with Crippen LogP contribution in [0.3, 0.4) is 0 Å². The Hall–Kier alpha value is -2.64. The summed E-state index contributed by atoms with van der Waals surface area (Å²) in [6.07, 6.45) is 2.08. The second-order valence-corrected chi connectivity index (χ2v) is 8.62. The second-order valence-electron chi connectivity index (χ2n) is 8.62. The van der Waals surface area contributed by atoms with Crippen molar-refractivity contribution in [3.63, 3.8) is 0 Å². The third kappa shape index (κ3) is 8.33. The molecule has 2 heterocycles. The number of amides is 2. The lowest BCUT2D eigenvalue weighted by Gasteiger charge is -2.29. The summed E-state index contributed by atoms with van der Waals surface area (Å²) < 4.78 is 11.1. The number of aryl methyl sites for hydroxylation is 1. The predicted molar refractivity (Wildman–Crippen MR) is 128 cm³/mol. The van der Waals surface area contributed by atoms with Crippen molar-refractivity contribution in [1.82, 2.24) is 14.7 Å². The molecule has 0 aliphatic carbocycles. The average Bonchev–Trinajstić information content (AvgIpc) is 3.24. The molecular weight excluding hydrogens is 418 g/mol. The average molecular weight is 456 g/mol.